The summed E-state index contributed by atoms with van der Waals surface area (Å²) in [7, 11) is 2.93. The van der Waals surface area contributed by atoms with Crippen LogP contribution in [0.2, 0.25) is 0 Å². The van der Waals surface area contributed by atoms with Gasteiger partial charge in [0.2, 0.25) is 0 Å². The Bertz CT molecular complexity index is 643. The smallest absolute Gasteiger partial charge is 0.308 e. The van der Waals surface area contributed by atoms with E-state index in [0.29, 0.717) is 12.1 Å². The minimum absolute atomic E-state index is 0. The first-order valence-corrected chi connectivity index (χ1v) is 10.6. The summed E-state index contributed by atoms with van der Waals surface area (Å²) in [6.07, 6.45) is 3.63. The molecule has 0 aromatic heterocycles. The van der Waals surface area contributed by atoms with Crippen LogP contribution in [-0.2, 0) is 25.6 Å². The second kappa shape index (κ2) is 13.6. The molecule has 1 N–H and O–H groups in total. The van der Waals surface area contributed by atoms with E-state index in [1.807, 2.05) is 6.07 Å². The Hall–Kier alpha value is -1.63. The van der Waals surface area contributed by atoms with Crippen LogP contribution in [0.5, 0.6) is 0 Å². The van der Waals surface area contributed by atoms with Gasteiger partial charge in [0, 0.05) is 18.6 Å². The minimum Gasteiger partial charge on any atom is -0.469 e. The summed E-state index contributed by atoms with van der Waals surface area (Å²) in [4.78, 5) is 25.0. The number of benzene rings is 1. The normalized spacial score (nSPS) is 26.4. The van der Waals surface area contributed by atoms with Gasteiger partial charge in [0.25, 0.3) is 0 Å². The zero-order chi connectivity index (χ0) is 21.2. The lowest BCUT2D eigenvalue weighted by Crippen LogP contribution is -2.42. The van der Waals surface area contributed by atoms with Crippen molar-refractivity contribution in [3.8, 4) is 0 Å². The summed E-state index contributed by atoms with van der Waals surface area (Å²) in [5.41, 5.74) is 1.33. The molecule has 1 aromatic rings. The molecule has 3 rings (SSSR count). The molecule has 0 radical (unpaired) electrons. The highest BCUT2D eigenvalue weighted by atomic mass is 35.5. The first-order valence-electron chi connectivity index (χ1n) is 10.6. The van der Waals surface area contributed by atoms with Crippen molar-refractivity contribution in [2.75, 3.05) is 27.3 Å². The lowest BCUT2D eigenvalue weighted by molar-refractivity contribution is -0.148. The van der Waals surface area contributed by atoms with E-state index in [9.17, 15) is 9.59 Å². The number of ether oxygens (including phenoxy) is 2. The third kappa shape index (κ3) is 8.25. The van der Waals surface area contributed by atoms with Gasteiger partial charge >= 0.3 is 11.9 Å². The van der Waals surface area contributed by atoms with Crippen LogP contribution in [0.4, 0.5) is 0 Å². The number of methoxy groups -OCH3 is 2. The largest absolute Gasteiger partial charge is 0.469 e. The molecule has 30 heavy (non-hydrogen) atoms. The Morgan fingerprint density at radius 1 is 1.00 bits per heavy atom. The van der Waals surface area contributed by atoms with Crippen LogP contribution < -0.4 is 5.32 Å². The predicted octanol–water partition coefficient (Wildman–Crippen LogP) is 3.43. The van der Waals surface area contributed by atoms with Crippen LogP contribution in [0.25, 0.3) is 0 Å². The number of likely N-dealkylation sites (tertiary alicyclic amines) is 1. The molecular weight excluding hydrogens is 404 g/mol. The molecule has 4 atom stereocenters. The van der Waals surface area contributed by atoms with E-state index in [-0.39, 0.29) is 36.2 Å². The highest BCUT2D eigenvalue weighted by molar-refractivity contribution is 5.85. The maximum absolute atomic E-state index is 11.5. The van der Waals surface area contributed by atoms with Gasteiger partial charge in [0.15, 0.2) is 0 Å². The van der Waals surface area contributed by atoms with Crippen molar-refractivity contribution in [2.45, 2.75) is 58.2 Å². The lowest BCUT2D eigenvalue weighted by Gasteiger charge is -2.36. The van der Waals surface area contributed by atoms with E-state index in [2.05, 4.69) is 53.1 Å². The fraction of sp³-hybridized carbons (Fsp3) is 0.652. The van der Waals surface area contributed by atoms with Gasteiger partial charge in [-0.2, -0.15) is 0 Å². The molecule has 0 amide bonds. The van der Waals surface area contributed by atoms with Gasteiger partial charge in [0.1, 0.15) is 0 Å². The highest BCUT2D eigenvalue weighted by Gasteiger charge is 2.30. The molecule has 7 heteroatoms. The molecule has 0 bridgehead atoms. The van der Waals surface area contributed by atoms with Crippen LogP contribution in [0, 0.1) is 11.8 Å². The maximum atomic E-state index is 11.5. The first-order chi connectivity index (χ1) is 13.9. The van der Waals surface area contributed by atoms with Crippen molar-refractivity contribution in [3.63, 3.8) is 0 Å². The molecular formula is C23H37ClN2O4. The van der Waals surface area contributed by atoms with Crippen LogP contribution in [0.3, 0.4) is 0 Å². The number of hydrogen-bond acceptors (Lipinski definition) is 6. The molecule has 2 aliphatic heterocycles. The second-order valence-electron chi connectivity index (χ2n) is 8.15. The predicted molar refractivity (Wildman–Crippen MR) is 121 cm³/mol. The summed E-state index contributed by atoms with van der Waals surface area (Å²) in [6, 6.07) is 11.4. The van der Waals surface area contributed by atoms with Crippen molar-refractivity contribution < 1.29 is 19.1 Å². The summed E-state index contributed by atoms with van der Waals surface area (Å²) < 4.78 is 9.51. The number of nitrogens with zero attached hydrogens (tertiary/aromatic N) is 1. The Morgan fingerprint density at radius 3 is 2.13 bits per heavy atom. The number of nitrogens with one attached hydrogen (secondary N) is 1. The number of carbonyl (C=O) groups is 2. The molecule has 2 heterocycles. The zero-order valence-electron chi connectivity index (χ0n) is 18.6. The summed E-state index contributed by atoms with van der Waals surface area (Å²) in [6.45, 7) is 7.15. The average Bonchev–Trinajstić information content (AvgIpc) is 2.75. The monoisotopic (exact) mass is 440 g/mol. The van der Waals surface area contributed by atoms with E-state index in [1.165, 1.54) is 19.8 Å². The summed E-state index contributed by atoms with van der Waals surface area (Å²) in [5, 5.41) is 3.28. The fourth-order valence-corrected chi connectivity index (χ4v) is 4.17. The van der Waals surface area contributed by atoms with Gasteiger partial charge in [-0.15, -0.1) is 12.4 Å². The third-order valence-corrected chi connectivity index (χ3v) is 5.93. The molecule has 6 nitrogen and oxygen atoms in total. The number of carbonyl (C=O) groups excluding carboxylic acids is 2. The third-order valence-electron chi connectivity index (χ3n) is 5.93. The molecule has 0 unspecified atom stereocenters. The summed E-state index contributed by atoms with van der Waals surface area (Å²) in [5.74, 6) is 0.0906. The van der Waals surface area contributed by atoms with Gasteiger partial charge in [-0.25, -0.2) is 0 Å². The average molecular weight is 441 g/mol. The molecule has 170 valence electrons. The number of halogens is 1. The Kier molecular flexibility index (Phi) is 12.0. The van der Waals surface area contributed by atoms with Gasteiger partial charge in [-0.1, -0.05) is 30.3 Å². The van der Waals surface area contributed by atoms with E-state index >= 15 is 0 Å². The first kappa shape index (κ1) is 26.4. The van der Waals surface area contributed by atoms with E-state index < -0.39 is 0 Å². The van der Waals surface area contributed by atoms with Crippen molar-refractivity contribution in [1.29, 1.82) is 0 Å². The minimum atomic E-state index is -0.0571. The molecule has 0 spiro atoms. The number of esters is 2. The van der Waals surface area contributed by atoms with Gasteiger partial charge in [-0.3, -0.25) is 14.5 Å². The van der Waals surface area contributed by atoms with E-state index in [1.54, 1.807) is 0 Å². The topological polar surface area (TPSA) is 67.9 Å². The molecule has 0 aliphatic carbocycles. The lowest BCUT2D eigenvalue weighted by atomic mass is 9.91. The second-order valence-corrected chi connectivity index (χ2v) is 8.15. The van der Waals surface area contributed by atoms with Crippen LogP contribution in [0.15, 0.2) is 30.3 Å². The van der Waals surface area contributed by atoms with E-state index in [4.69, 9.17) is 4.74 Å². The van der Waals surface area contributed by atoms with Gasteiger partial charge in [-0.05, 0) is 58.2 Å². The highest BCUT2D eigenvalue weighted by Crippen LogP contribution is 2.25. The van der Waals surface area contributed by atoms with Crippen LogP contribution in [-0.4, -0.2) is 56.2 Å². The Labute approximate surface area is 187 Å². The number of rotatable bonds is 4. The molecule has 2 aliphatic rings. The Morgan fingerprint density at radius 2 is 1.60 bits per heavy atom. The quantitative estimate of drug-likeness (QED) is 0.723. The van der Waals surface area contributed by atoms with Crippen molar-refractivity contribution >= 4 is 24.3 Å². The zero-order valence-corrected chi connectivity index (χ0v) is 19.5. The van der Waals surface area contributed by atoms with Crippen LogP contribution in [0.1, 0.15) is 45.1 Å². The number of hydrogen-bond donors (Lipinski definition) is 1. The molecule has 0 saturated carbocycles. The van der Waals surface area contributed by atoms with Gasteiger partial charge < -0.3 is 14.8 Å². The van der Waals surface area contributed by atoms with Gasteiger partial charge in [0.05, 0.1) is 26.1 Å². The fourth-order valence-electron chi connectivity index (χ4n) is 4.17. The maximum Gasteiger partial charge on any atom is 0.308 e. The van der Waals surface area contributed by atoms with Crippen molar-refractivity contribution in [2.24, 2.45) is 11.8 Å². The van der Waals surface area contributed by atoms with Crippen molar-refractivity contribution in [1.82, 2.24) is 10.2 Å². The molecule has 2 fully saturated rings. The summed E-state index contributed by atoms with van der Waals surface area (Å²) >= 11 is 0. The SMILES string of the molecule is COC(=O)[C@H]1CCN(Cc2ccccc2)[C@@H](C)C1.COC(=O)[C@H]1CCN[C@@H](C)C1.Cl. The Balaban J connectivity index is 0.000000324. The standard InChI is InChI=1S/C15H21NO2.C8H15NO2.ClH/c1-12-10-14(15(17)18-2)8-9-16(12)11-13-6-4-3-5-7-13;1-6-5-7(3-4-9-6)8(10)11-2;/h3-7,12,14H,8-11H2,1-2H3;6-7,9H,3-5H2,1-2H3;1H/t12-,14-;6-,7-;/m00./s1. The van der Waals surface area contributed by atoms with Crippen LogP contribution >= 0.6 is 12.4 Å². The van der Waals surface area contributed by atoms with Crippen molar-refractivity contribution in [3.05, 3.63) is 35.9 Å². The number of piperidine rings is 2. The van der Waals surface area contributed by atoms with E-state index in [0.717, 1.165) is 45.3 Å². The molecule has 2 saturated heterocycles. The molecule has 1 aromatic carbocycles.